The minimum atomic E-state index is -0.214. The van der Waals surface area contributed by atoms with Crippen LogP contribution in [0.3, 0.4) is 0 Å². The maximum Gasteiger partial charge on any atom is 0.163 e. The Bertz CT molecular complexity index is 999. The molecule has 3 aromatic rings. The first-order valence-electron chi connectivity index (χ1n) is 10.3. The molecule has 9 heteroatoms. The molecule has 2 aromatic heterocycles. The number of unbranched alkanes of at least 4 members (excludes halogenated alkanes) is 1. The van der Waals surface area contributed by atoms with E-state index in [4.69, 9.17) is 37.7 Å². The molecule has 0 radical (unpaired) electrons. The first kappa shape index (κ1) is 24.1. The van der Waals surface area contributed by atoms with Crippen molar-refractivity contribution in [3.63, 3.8) is 0 Å². The number of hydrogen-bond donors (Lipinski definition) is 0. The number of methoxy groups -OCH3 is 2. The molecule has 0 fully saturated rings. The predicted octanol–water partition coefficient (Wildman–Crippen LogP) is 5.91. The van der Waals surface area contributed by atoms with Gasteiger partial charge in [-0.2, -0.15) is 0 Å². The summed E-state index contributed by atoms with van der Waals surface area (Å²) in [4.78, 5) is 14.0. The summed E-state index contributed by atoms with van der Waals surface area (Å²) in [6, 6.07) is 5.78. The third-order valence-electron chi connectivity index (χ3n) is 5.13. The lowest BCUT2D eigenvalue weighted by Crippen LogP contribution is -2.07. The summed E-state index contributed by atoms with van der Waals surface area (Å²) in [5, 5.41) is 0.687. The maximum absolute atomic E-state index is 6.69. The quantitative estimate of drug-likeness (QED) is 0.215. The molecule has 0 aliphatic carbocycles. The van der Waals surface area contributed by atoms with Gasteiger partial charge in [0.05, 0.1) is 25.3 Å². The maximum atomic E-state index is 6.69. The summed E-state index contributed by atoms with van der Waals surface area (Å²) >= 11 is 16.1. The van der Waals surface area contributed by atoms with Gasteiger partial charge in [0.2, 0.25) is 0 Å². The van der Waals surface area contributed by atoms with Crippen molar-refractivity contribution >= 4 is 50.3 Å². The van der Waals surface area contributed by atoms with Crippen molar-refractivity contribution in [3.8, 4) is 11.5 Å². The fraction of sp³-hybridized carbons (Fsp3) is 0.500. The Morgan fingerprint density at radius 2 is 1.97 bits per heavy atom. The first-order valence-corrected chi connectivity index (χ1v) is 12.4. The number of aromatic nitrogens is 4. The van der Waals surface area contributed by atoms with Gasteiger partial charge < -0.3 is 14.0 Å². The lowest BCUT2D eigenvalue weighted by atomic mass is 10.1. The van der Waals surface area contributed by atoms with Gasteiger partial charge in [0, 0.05) is 29.7 Å². The highest BCUT2D eigenvalue weighted by atomic mass is 79.9. The number of nitrogens with zero attached hydrogens (tertiary/aromatic N) is 4. The van der Waals surface area contributed by atoms with Gasteiger partial charge in [-0.3, -0.25) is 0 Å². The standard InChI is InChI=1S/C22H27BrCl2N4O2/c1-30-16-7-8-18(31-2)15(12-16)13-19-28-21-20(17(25)6-5-9-23)26-14-27-22(21)29(19)11-4-3-10-24/h7-8,12,14,17H,3-6,9-11,13H2,1-2H3. The molecule has 1 unspecified atom stereocenters. The van der Waals surface area contributed by atoms with Crippen molar-refractivity contribution in [2.75, 3.05) is 25.4 Å². The van der Waals surface area contributed by atoms with E-state index in [1.807, 2.05) is 18.2 Å². The van der Waals surface area contributed by atoms with Crippen LogP contribution in [-0.4, -0.2) is 44.9 Å². The SMILES string of the molecule is COc1ccc(OC)c(Cc2nc3c(C(Cl)CCCBr)ncnc3n2CCCCCl)c1. The fourth-order valence-electron chi connectivity index (χ4n) is 3.55. The van der Waals surface area contributed by atoms with E-state index in [1.54, 1.807) is 20.5 Å². The summed E-state index contributed by atoms with van der Waals surface area (Å²) in [6.45, 7) is 0.773. The topological polar surface area (TPSA) is 62.1 Å². The molecule has 6 nitrogen and oxygen atoms in total. The largest absolute Gasteiger partial charge is 0.497 e. The minimum absolute atomic E-state index is 0.214. The molecule has 0 saturated heterocycles. The van der Waals surface area contributed by atoms with Crippen LogP contribution in [0.2, 0.25) is 0 Å². The Morgan fingerprint density at radius 1 is 1.13 bits per heavy atom. The number of benzene rings is 1. The third kappa shape index (κ3) is 5.82. The molecule has 0 aliphatic rings. The van der Waals surface area contributed by atoms with Gasteiger partial charge in [0.25, 0.3) is 0 Å². The number of ether oxygens (including phenoxy) is 2. The number of rotatable bonds is 12. The smallest absolute Gasteiger partial charge is 0.163 e. The molecule has 0 bridgehead atoms. The number of aryl methyl sites for hydroxylation is 1. The third-order valence-corrected chi connectivity index (χ3v) is 6.38. The van der Waals surface area contributed by atoms with Crippen molar-refractivity contribution in [1.82, 2.24) is 19.5 Å². The van der Waals surface area contributed by atoms with Crippen LogP contribution in [-0.2, 0) is 13.0 Å². The van der Waals surface area contributed by atoms with Crippen LogP contribution >= 0.6 is 39.1 Å². The van der Waals surface area contributed by atoms with Gasteiger partial charge in [-0.1, -0.05) is 15.9 Å². The summed E-state index contributed by atoms with van der Waals surface area (Å²) in [5.41, 5.74) is 3.34. The van der Waals surface area contributed by atoms with Crippen LogP contribution < -0.4 is 9.47 Å². The number of imidazole rings is 1. The van der Waals surface area contributed by atoms with Crippen LogP contribution in [0, 0.1) is 0 Å². The second-order valence-electron chi connectivity index (χ2n) is 7.16. The Labute approximate surface area is 201 Å². The summed E-state index contributed by atoms with van der Waals surface area (Å²) < 4.78 is 13.1. The molecule has 0 saturated carbocycles. The monoisotopic (exact) mass is 528 g/mol. The van der Waals surface area contributed by atoms with Gasteiger partial charge in [0.1, 0.15) is 29.2 Å². The first-order chi connectivity index (χ1) is 15.1. The van der Waals surface area contributed by atoms with E-state index in [2.05, 4.69) is 30.5 Å². The predicted molar refractivity (Wildman–Crippen MR) is 129 cm³/mol. The lowest BCUT2D eigenvalue weighted by molar-refractivity contribution is 0.399. The van der Waals surface area contributed by atoms with E-state index in [1.165, 1.54) is 0 Å². The van der Waals surface area contributed by atoms with Gasteiger partial charge in [0.15, 0.2) is 5.65 Å². The molecule has 2 heterocycles. The zero-order chi connectivity index (χ0) is 22.2. The second-order valence-corrected chi connectivity index (χ2v) is 8.86. The van der Waals surface area contributed by atoms with Gasteiger partial charge in [-0.15, -0.1) is 23.2 Å². The fourth-order valence-corrected chi connectivity index (χ4v) is 4.37. The van der Waals surface area contributed by atoms with Crippen LogP contribution in [0.25, 0.3) is 11.2 Å². The van der Waals surface area contributed by atoms with E-state index >= 15 is 0 Å². The van der Waals surface area contributed by atoms with Crippen molar-refractivity contribution in [2.45, 2.75) is 44.0 Å². The van der Waals surface area contributed by atoms with E-state index < -0.39 is 0 Å². The Hall–Kier alpha value is -1.57. The molecule has 0 amide bonds. The zero-order valence-corrected chi connectivity index (χ0v) is 20.9. The van der Waals surface area contributed by atoms with Crippen LogP contribution in [0.5, 0.6) is 11.5 Å². The van der Waals surface area contributed by atoms with Crippen LogP contribution in [0.4, 0.5) is 0 Å². The number of hydrogen-bond acceptors (Lipinski definition) is 5. The van der Waals surface area contributed by atoms with E-state index in [0.29, 0.717) is 12.3 Å². The molecule has 1 atom stereocenters. The summed E-state index contributed by atoms with van der Waals surface area (Å²) in [5.74, 6) is 3.08. The molecule has 0 aliphatic heterocycles. The average molecular weight is 530 g/mol. The molecule has 3 rings (SSSR count). The van der Waals surface area contributed by atoms with E-state index in [0.717, 1.165) is 77.3 Å². The van der Waals surface area contributed by atoms with E-state index in [9.17, 15) is 0 Å². The molecule has 168 valence electrons. The molecule has 0 spiro atoms. The second kappa shape index (κ2) is 11.9. The Kier molecular flexibility index (Phi) is 9.23. The number of fused-ring (bicyclic) bond motifs is 1. The van der Waals surface area contributed by atoms with Crippen molar-refractivity contribution in [2.24, 2.45) is 0 Å². The van der Waals surface area contributed by atoms with Crippen molar-refractivity contribution in [3.05, 3.63) is 41.6 Å². The Morgan fingerprint density at radius 3 is 2.68 bits per heavy atom. The normalized spacial score (nSPS) is 12.3. The van der Waals surface area contributed by atoms with Crippen LogP contribution in [0.15, 0.2) is 24.5 Å². The van der Waals surface area contributed by atoms with Crippen molar-refractivity contribution in [1.29, 1.82) is 0 Å². The number of halogens is 3. The van der Waals surface area contributed by atoms with Crippen molar-refractivity contribution < 1.29 is 9.47 Å². The van der Waals surface area contributed by atoms with Gasteiger partial charge in [-0.05, 0) is 43.9 Å². The number of alkyl halides is 3. The Balaban J connectivity index is 2.06. The highest BCUT2D eigenvalue weighted by Crippen LogP contribution is 2.32. The molecule has 0 N–H and O–H groups in total. The highest BCUT2D eigenvalue weighted by Gasteiger charge is 2.21. The van der Waals surface area contributed by atoms with Gasteiger partial charge >= 0.3 is 0 Å². The lowest BCUT2D eigenvalue weighted by Gasteiger charge is -2.12. The molecule has 1 aromatic carbocycles. The summed E-state index contributed by atoms with van der Waals surface area (Å²) in [6.07, 6.45) is 5.79. The van der Waals surface area contributed by atoms with Gasteiger partial charge in [-0.25, -0.2) is 15.0 Å². The molecular weight excluding hydrogens is 503 g/mol. The highest BCUT2D eigenvalue weighted by molar-refractivity contribution is 9.09. The van der Waals surface area contributed by atoms with Crippen LogP contribution in [0.1, 0.15) is 48.1 Å². The minimum Gasteiger partial charge on any atom is -0.497 e. The van der Waals surface area contributed by atoms with E-state index in [-0.39, 0.29) is 5.38 Å². The average Bonchev–Trinajstić information content (AvgIpc) is 3.14. The zero-order valence-electron chi connectivity index (χ0n) is 17.8. The molecular formula is C22H27BrCl2N4O2. The summed E-state index contributed by atoms with van der Waals surface area (Å²) in [7, 11) is 3.32. The molecule has 31 heavy (non-hydrogen) atoms.